The topological polar surface area (TPSA) is 46.5 Å². The summed E-state index contributed by atoms with van der Waals surface area (Å²) in [6.07, 6.45) is 1.41. The average Bonchev–Trinajstić information content (AvgIpc) is 2.38. The van der Waals surface area contributed by atoms with E-state index in [9.17, 15) is 8.42 Å². The number of hydrogen-bond donors (Lipinski definition) is 0. The average molecular weight is 287 g/mol. The van der Waals surface area contributed by atoms with E-state index in [0.29, 0.717) is 0 Å². The molecule has 2 aromatic carbocycles. The Hall–Kier alpha value is -1.94. The van der Waals surface area contributed by atoms with Gasteiger partial charge in [-0.05, 0) is 44.0 Å². The molecule has 3 nitrogen and oxygen atoms in total. The molecule has 0 saturated carbocycles. The van der Waals surface area contributed by atoms with Gasteiger partial charge in [-0.25, -0.2) is 0 Å². The lowest BCUT2D eigenvalue weighted by Gasteiger charge is -2.02. The molecular formula is C16H17NO2S. The van der Waals surface area contributed by atoms with E-state index in [0.717, 1.165) is 22.3 Å². The SMILES string of the molecule is Cc1ccc(S(=O)(=O)/N=C/c2ccc(C)cc2C)cc1. The summed E-state index contributed by atoms with van der Waals surface area (Å²) in [5, 5.41) is 0. The lowest BCUT2D eigenvalue weighted by molar-refractivity contribution is 0.598. The highest BCUT2D eigenvalue weighted by Gasteiger charge is 2.11. The van der Waals surface area contributed by atoms with Gasteiger partial charge in [0.2, 0.25) is 0 Å². The Morgan fingerprint density at radius 2 is 1.50 bits per heavy atom. The minimum absolute atomic E-state index is 0.212. The van der Waals surface area contributed by atoms with Crippen LogP contribution in [-0.2, 0) is 10.0 Å². The molecule has 0 aliphatic carbocycles. The van der Waals surface area contributed by atoms with Crippen molar-refractivity contribution in [3.8, 4) is 0 Å². The van der Waals surface area contributed by atoms with Crippen molar-refractivity contribution >= 4 is 16.2 Å². The Balaban J connectivity index is 2.32. The van der Waals surface area contributed by atoms with E-state index in [4.69, 9.17) is 0 Å². The highest BCUT2D eigenvalue weighted by Crippen LogP contribution is 2.14. The molecule has 0 fully saturated rings. The first-order valence-corrected chi connectivity index (χ1v) is 7.77. The van der Waals surface area contributed by atoms with Gasteiger partial charge in [-0.15, -0.1) is 0 Å². The standard InChI is InChI=1S/C16H17NO2S/c1-12-5-8-16(9-6-12)20(18,19)17-11-15-7-4-13(2)10-14(15)3/h4-11H,1-3H3/b17-11+. The van der Waals surface area contributed by atoms with E-state index in [1.807, 2.05) is 39.0 Å². The molecule has 0 unspecified atom stereocenters. The summed E-state index contributed by atoms with van der Waals surface area (Å²) in [6, 6.07) is 12.5. The first-order chi connectivity index (χ1) is 9.38. The summed E-state index contributed by atoms with van der Waals surface area (Å²) < 4.78 is 28.0. The zero-order chi connectivity index (χ0) is 14.8. The van der Waals surface area contributed by atoms with Crippen LogP contribution in [-0.4, -0.2) is 14.6 Å². The highest BCUT2D eigenvalue weighted by molar-refractivity contribution is 7.90. The van der Waals surface area contributed by atoms with Crippen LogP contribution in [0.25, 0.3) is 0 Å². The van der Waals surface area contributed by atoms with Crippen LogP contribution in [0.1, 0.15) is 22.3 Å². The van der Waals surface area contributed by atoms with Gasteiger partial charge in [-0.2, -0.15) is 12.8 Å². The van der Waals surface area contributed by atoms with Crippen molar-refractivity contribution in [1.29, 1.82) is 0 Å². The number of hydrogen-bond acceptors (Lipinski definition) is 2. The molecule has 4 heteroatoms. The molecule has 0 radical (unpaired) electrons. The van der Waals surface area contributed by atoms with E-state index >= 15 is 0 Å². The molecular weight excluding hydrogens is 270 g/mol. The Morgan fingerprint density at radius 1 is 0.900 bits per heavy atom. The van der Waals surface area contributed by atoms with Crippen LogP contribution in [0.5, 0.6) is 0 Å². The minimum atomic E-state index is -3.63. The smallest absolute Gasteiger partial charge is 0.199 e. The van der Waals surface area contributed by atoms with Crippen molar-refractivity contribution in [3.05, 3.63) is 64.7 Å². The largest absolute Gasteiger partial charge is 0.282 e. The predicted molar refractivity (Wildman–Crippen MR) is 81.9 cm³/mol. The maximum Gasteiger partial charge on any atom is 0.282 e. The molecule has 104 valence electrons. The Labute approximate surface area is 120 Å². The summed E-state index contributed by atoms with van der Waals surface area (Å²) in [4.78, 5) is 0.212. The second-order valence-corrected chi connectivity index (χ2v) is 6.52. The minimum Gasteiger partial charge on any atom is -0.199 e. The maximum atomic E-state index is 12.1. The fraction of sp³-hybridized carbons (Fsp3) is 0.188. The highest BCUT2D eigenvalue weighted by atomic mass is 32.2. The van der Waals surface area contributed by atoms with Crippen LogP contribution < -0.4 is 0 Å². The second-order valence-electron chi connectivity index (χ2n) is 4.88. The van der Waals surface area contributed by atoms with Gasteiger partial charge in [0.1, 0.15) is 0 Å². The van der Waals surface area contributed by atoms with Gasteiger partial charge < -0.3 is 0 Å². The molecule has 0 amide bonds. The molecule has 0 bridgehead atoms. The van der Waals surface area contributed by atoms with Gasteiger partial charge in [-0.1, -0.05) is 41.5 Å². The Bertz CT molecular complexity index is 745. The van der Waals surface area contributed by atoms with E-state index in [1.165, 1.54) is 6.21 Å². The molecule has 0 aliphatic heterocycles. The van der Waals surface area contributed by atoms with Gasteiger partial charge >= 0.3 is 0 Å². The van der Waals surface area contributed by atoms with Crippen molar-refractivity contribution in [2.45, 2.75) is 25.7 Å². The van der Waals surface area contributed by atoms with Crippen LogP contribution in [0.3, 0.4) is 0 Å². The summed E-state index contributed by atoms with van der Waals surface area (Å²) >= 11 is 0. The third kappa shape index (κ3) is 3.33. The zero-order valence-electron chi connectivity index (χ0n) is 11.8. The van der Waals surface area contributed by atoms with Crippen molar-refractivity contribution in [1.82, 2.24) is 0 Å². The van der Waals surface area contributed by atoms with Crippen molar-refractivity contribution < 1.29 is 8.42 Å². The van der Waals surface area contributed by atoms with Gasteiger partial charge in [-0.3, -0.25) is 0 Å². The Morgan fingerprint density at radius 3 is 2.10 bits per heavy atom. The normalized spacial score (nSPS) is 11.9. The van der Waals surface area contributed by atoms with E-state index < -0.39 is 10.0 Å². The lowest BCUT2D eigenvalue weighted by atomic mass is 10.1. The molecule has 0 saturated heterocycles. The number of rotatable bonds is 3. The van der Waals surface area contributed by atoms with Crippen LogP contribution in [0, 0.1) is 20.8 Å². The molecule has 0 aliphatic rings. The fourth-order valence-corrected chi connectivity index (χ4v) is 2.72. The first kappa shape index (κ1) is 14.5. The number of sulfonamides is 1. The maximum absolute atomic E-state index is 12.1. The summed E-state index contributed by atoms with van der Waals surface area (Å²) in [6.45, 7) is 5.85. The quantitative estimate of drug-likeness (QED) is 0.812. The summed E-state index contributed by atoms with van der Waals surface area (Å²) in [5.74, 6) is 0. The summed E-state index contributed by atoms with van der Waals surface area (Å²) in [7, 11) is -3.63. The van der Waals surface area contributed by atoms with Gasteiger partial charge in [0.25, 0.3) is 10.0 Å². The third-order valence-electron chi connectivity index (χ3n) is 3.07. The third-order valence-corrected chi connectivity index (χ3v) is 4.33. The van der Waals surface area contributed by atoms with Gasteiger partial charge in [0.05, 0.1) is 4.90 Å². The predicted octanol–water partition coefficient (Wildman–Crippen LogP) is 3.42. The zero-order valence-corrected chi connectivity index (χ0v) is 12.6. The molecule has 2 aromatic rings. The molecule has 0 atom stereocenters. The Kier molecular flexibility index (Phi) is 4.04. The number of benzene rings is 2. The van der Waals surface area contributed by atoms with Crippen LogP contribution in [0.4, 0.5) is 0 Å². The molecule has 0 heterocycles. The number of nitrogens with zero attached hydrogens (tertiary/aromatic N) is 1. The van der Waals surface area contributed by atoms with Crippen molar-refractivity contribution in [2.24, 2.45) is 4.40 Å². The monoisotopic (exact) mass is 287 g/mol. The van der Waals surface area contributed by atoms with E-state index in [2.05, 4.69) is 4.40 Å². The van der Waals surface area contributed by atoms with Crippen molar-refractivity contribution in [2.75, 3.05) is 0 Å². The molecule has 0 spiro atoms. The van der Waals surface area contributed by atoms with E-state index in [-0.39, 0.29) is 4.90 Å². The fourth-order valence-electron chi connectivity index (χ4n) is 1.87. The van der Waals surface area contributed by atoms with Gasteiger partial charge in [0.15, 0.2) is 0 Å². The summed E-state index contributed by atoms with van der Waals surface area (Å²) in [5.41, 5.74) is 3.97. The van der Waals surface area contributed by atoms with Crippen LogP contribution in [0.2, 0.25) is 0 Å². The molecule has 2 rings (SSSR count). The van der Waals surface area contributed by atoms with Crippen LogP contribution >= 0.6 is 0 Å². The van der Waals surface area contributed by atoms with E-state index in [1.54, 1.807) is 24.3 Å². The first-order valence-electron chi connectivity index (χ1n) is 6.33. The molecule has 0 aromatic heterocycles. The number of aryl methyl sites for hydroxylation is 3. The second kappa shape index (κ2) is 5.59. The molecule has 0 N–H and O–H groups in total. The van der Waals surface area contributed by atoms with Gasteiger partial charge in [0, 0.05) is 6.21 Å². The van der Waals surface area contributed by atoms with Crippen LogP contribution in [0.15, 0.2) is 51.8 Å². The molecule has 20 heavy (non-hydrogen) atoms. The van der Waals surface area contributed by atoms with Crippen molar-refractivity contribution in [3.63, 3.8) is 0 Å². The lowest BCUT2D eigenvalue weighted by Crippen LogP contribution is -1.98.